The van der Waals surface area contributed by atoms with Crippen LogP contribution in [0, 0.1) is 11.8 Å². The molecule has 0 saturated carbocycles. The summed E-state index contributed by atoms with van der Waals surface area (Å²) in [6, 6.07) is 2.18. The van der Waals surface area contributed by atoms with E-state index < -0.39 is 0 Å². The van der Waals surface area contributed by atoms with Gasteiger partial charge in [0.15, 0.2) is 0 Å². The molecule has 0 saturated heterocycles. The molecule has 1 heterocycles. The number of thiophene rings is 1. The molecule has 0 aliphatic heterocycles. The van der Waals surface area contributed by atoms with Gasteiger partial charge in [0, 0.05) is 6.42 Å². The highest BCUT2D eigenvalue weighted by Crippen LogP contribution is 2.08. The second-order valence-corrected chi connectivity index (χ2v) is 3.19. The van der Waals surface area contributed by atoms with E-state index in [1.54, 1.807) is 11.3 Å². The van der Waals surface area contributed by atoms with Crippen molar-refractivity contribution >= 4 is 11.3 Å². The molecule has 0 unspecified atom stereocenters. The van der Waals surface area contributed by atoms with E-state index in [2.05, 4.69) is 28.7 Å². The summed E-state index contributed by atoms with van der Waals surface area (Å²) in [6.07, 6.45) is 3.40. The second kappa shape index (κ2) is 4.98. The molecular formula is C10H12S. The lowest BCUT2D eigenvalue weighted by atomic mass is 10.1. The number of rotatable bonds is 3. The van der Waals surface area contributed by atoms with Gasteiger partial charge in [0.2, 0.25) is 0 Å². The summed E-state index contributed by atoms with van der Waals surface area (Å²) in [5.41, 5.74) is 1.45. The Morgan fingerprint density at radius 1 is 1.55 bits per heavy atom. The summed E-state index contributed by atoms with van der Waals surface area (Å²) in [6.45, 7) is 1.89. The van der Waals surface area contributed by atoms with E-state index in [0.717, 1.165) is 6.42 Å². The zero-order valence-electron chi connectivity index (χ0n) is 6.76. The highest BCUT2D eigenvalue weighted by Gasteiger charge is 1.90. The van der Waals surface area contributed by atoms with Gasteiger partial charge in [0.25, 0.3) is 0 Å². The van der Waals surface area contributed by atoms with Crippen LogP contribution in [0.2, 0.25) is 0 Å². The molecule has 0 bridgehead atoms. The Balaban J connectivity index is 2.17. The van der Waals surface area contributed by atoms with Crippen LogP contribution < -0.4 is 0 Å². The summed E-state index contributed by atoms with van der Waals surface area (Å²) < 4.78 is 0. The number of hydrogen-bond donors (Lipinski definition) is 0. The Kier molecular flexibility index (Phi) is 3.79. The maximum atomic E-state index is 3.06. The van der Waals surface area contributed by atoms with Gasteiger partial charge in [-0.1, -0.05) is 0 Å². The Hall–Kier alpha value is -0.740. The van der Waals surface area contributed by atoms with E-state index in [1.165, 1.54) is 18.4 Å². The summed E-state index contributed by atoms with van der Waals surface area (Å²) in [5, 5.41) is 4.33. The molecule has 0 aliphatic rings. The Bertz CT molecular complexity index is 236. The van der Waals surface area contributed by atoms with Crippen LogP contribution in [0.4, 0.5) is 0 Å². The zero-order chi connectivity index (χ0) is 7.94. The molecule has 0 aromatic carbocycles. The molecule has 1 heteroatoms. The molecule has 1 aromatic rings. The molecule has 11 heavy (non-hydrogen) atoms. The molecule has 0 spiro atoms. The van der Waals surface area contributed by atoms with E-state index in [-0.39, 0.29) is 0 Å². The van der Waals surface area contributed by atoms with Gasteiger partial charge in [-0.3, -0.25) is 0 Å². The van der Waals surface area contributed by atoms with Gasteiger partial charge >= 0.3 is 0 Å². The second-order valence-electron chi connectivity index (χ2n) is 2.41. The molecule has 0 atom stereocenters. The molecule has 1 rings (SSSR count). The van der Waals surface area contributed by atoms with Crippen molar-refractivity contribution < 1.29 is 0 Å². The summed E-state index contributed by atoms with van der Waals surface area (Å²) in [5.74, 6) is 5.96. The molecule has 0 fully saturated rings. The summed E-state index contributed by atoms with van der Waals surface area (Å²) >= 11 is 1.77. The van der Waals surface area contributed by atoms with E-state index >= 15 is 0 Å². The van der Waals surface area contributed by atoms with Crippen molar-refractivity contribution in [3.8, 4) is 11.8 Å². The fourth-order valence-corrected chi connectivity index (χ4v) is 1.64. The quantitative estimate of drug-likeness (QED) is 0.475. The molecular weight excluding hydrogens is 152 g/mol. The average molecular weight is 164 g/mol. The minimum atomic E-state index is 1.03. The van der Waals surface area contributed by atoms with Crippen LogP contribution in [0.1, 0.15) is 25.3 Å². The predicted molar refractivity (Wildman–Crippen MR) is 50.7 cm³/mol. The molecule has 0 radical (unpaired) electrons. The van der Waals surface area contributed by atoms with Crippen molar-refractivity contribution in [2.45, 2.75) is 26.2 Å². The van der Waals surface area contributed by atoms with Crippen LogP contribution in [0.25, 0.3) is 0 Å². The lowest BCUT2D eigenvalue weighted by Crippen LogP contribution is -1.79. The van der Waals surface area contributed by atoms with Crippen molar-refractivity contribution in [1.82, 2.24) is 0 Å². The molecule has 0 nitrogen and oxygen atoms in total. The van der Waals surface area contributed by atoms with Crippen molar-refractivity contribution in [3.05, 3.63) is 22.4 Å². The molecule has 0 N–H and O–H groups in total. The van der Waals surface area contributed by atoms with Gasteiger partial charge in [-0.25, -0.2) is 0 Å². The maximum absolute atomic E-state index is 3.06. The monoisotopic (exact) mass is 164 g/mol. The van der Waals surface area contributed by atoms with Crippen LogP contribution >= 0.6 is 11.3 Å². The third-order valence-corrected chi connectivity index (χ3v) is 2.26. The standard InChI is InChI=1S/C10H12S/c1-2-3-4-5-6-10-7-8-11-9-10/h7-9H,4-6H2,1H3. The van der Waals surface area contributed by atoms with E-state index in [9.17, 15) is 0 Å². The molecule has 1 aromatic heterocycles. The van der Waals surface area contributed by atoms with E-state index in [0.29, 0.717) is 0 Å². The van der Waals surface area contributed by atoms with E-state index in [1.807, 2.05) is 6.92 Å². The van der Waals surface area contributed by atoms with Crippen molar-refractivity contribution in [2.24, 2.45) is 0 Å². The smallest absolute Gasteiger partial charge is 0.00917 e. The van der Waals surface area contributed by atoms with Gasteiger partial charge in [-0.15, -0.1) is 11.8 Å². The third kappa shape index (κ3) is 3.25. The van der Waals surface area contributed by atoms with Crippen LogP contribution in [0.5, 0.6) is 0 Å². The third-order valence-electron chi connectivity index (χ3n) is 1.52. The first-order chi connectivity index (χ1) is 5.43. The first-order valence-corrected chi connectivity index (χ1v) is 4.78. The molecule has 0 aliphatic carbocycles. The topological polar surface area (TPSA) is 0 Å². The maximum Gasteiger partial charge on any atom is 0.00917 e. The first-order valence-electron chi connectivity index (χ1n) is 3.84. The Morgan fingerprint density at radius 2 is 2.45 bits per heavy atom. The fourth-order valence-electron chi connectivity index (χ4n) is 0.941. The van der Waals surface area contributed by atoms with Crippen LogP contribution in [0.3, 0.4) is 0 Å². The number of unbranched alkanes of at least 4 members (excludes halogenated alkanes) is 1. The minimum Gasteiger partial charge on any atom is -0.152 e. The predicted octanol–water partition coefficient (Wildman–Crippen LogP) is 3.09. The highest BCUT2D eigenvalue weighted by molar-refractivity contribution is 7.07. The zero-order valence-corrected chi connectivity index (χ0v) is 7.58. The Labute approximate surface area is 72.3 Å². The largest absolute Gasteiger partial charge is 0.152 e. The van der Waals surface area contributed by atoms with Gasteiger partial charge in [-0.05, 0) is 42.2 Å². The van der Waals surface area contributed by atoms with Gasteiger partial charge < -0.3 is 0 Å². The van der Waals surface area contributed by atoms with Gasteiger partial charge in [0.1, 0.15) is 0 Å². The first kappa shape index (κ1) is 8.36. The average Bonchev–Trinajstić information content (AvgIpc) is 2.50. The van der Waals surface area contributed by atoms with Crippen LogP contribution in [-0.2, 0) is 6.42 Å². The number of hydrogen-bond acceptors (Lipinski definition) is 1. The lowest BCUT2D eigenvalue weighted by molar-refractivity contribution is 0.861. The summed E-state index contributed by atoms with van der Waals surface area (Å²) in [4.78, 5) is 0. The highest BCUT2D eigenvalue weighted by atomic mass is 32.1. The van der Waals surface area contributed by atoms with Gasteiger partial charge in [0.05, 0.1) is 0 Å². The van der Waals surface area contributed by atoms with Crippen molar-refractivity contribution in [2.75, 3.05) is 0 Å². The van der Waals surface area contributed by atoms with Crippen molar-refractivity contribution in [3.63, 3.8) is 0 Å². The fraction of sp³-hybridized carbons (Fsp3) is 0.400. The summed E-state index contributed by atoms with van der Waals surface area (Å²) in [7, 11) is 0. The van der Waals surface area contributed by atoms with Gasteiger partial charge in [-0.2, -0.15) is 11.3 Å². The Morgan fingerprint density at radius 3 is 3.09 bits per heavy atom. The molecule has 58 valence electrons. The number of aryl methyl sites for hydroxylation is 1. The minimum absolute atomic E-state index is 1.03. The van der Waals surface area contributed by atoms with E-state index in [4.69, 9.17) is 0 Å². The molecule has 0 amide bonds. The lowest BCUT2D eigenvalue weighted by Gasteiger charge is -1.91. The van der Waals surface area contributed by atoms with Crippen LogP contribution in [-0.4, -0.2) is 0 Å². The van der Waals surface area contributed by atoms with Crippen LogP contribution in [0.15, 0.2) is 16.8 Å². The SMILES string of the molecule is CC#CCCCc1ccsc1. The normalized spacial score (nSPS) is 8.82. The van der Waals surface area contributed by atoms with Crippen molar-refractivity contribution in [1.29, 1.82) is 0 Å².